The van der Waals surface area contributed by atoms with Gasteiger partial charge in [0, 0.05) is 42.0 Å². The van der Waals surface area contributed by atoms with Crippen molar-refractivity contribution in [1.82, 2.24) is 0 Å². The van der Waals surface area contributed by atoms with Crippen LogP contribution in [0.4, 0.5) is 5.69 Å². The van der Waals surface area contributed by atoms with Crippen LogP contribution in [0, 0.1) is 17.2 Å². The maximum atomic E-state index is 13.6. The minimum atomic E-state index is -1.20. The van der Waals surface area contributed by atoms with Crippen molar-refractivity contribution in [3.8, 4) is 0 Å². The third-order valence-electron chi connectivity index (χ3n) is 8.32. The predicted molar refractivity (Wildman–Crippen MR) is 156 cm³/mol. The van der Waals surface area contributed by atoms with Crippen molar-refractivity contribution in [1.29, 1.82) is 5.41 Å². The SMILES string of the molecule is CC1=C(CCCc2ccc(N3CCOCC3)cc2)N=C/C2=C(\CC1)C(CCCN)CCC(=N)C(C(N)=O)C2=O. The lowest BCUT2D eigenvalue weighted by Crippen LogP contribution is -2.39. The molecule has 0 radical (unpaired) electrons. The number of amides is 1. The van der Waals surface area contributed by atoms with Crippen LogP contribution in [0.5, 0.6) is 0 Å². The number of morpholine rings is 1. The Morgan fingerprint density at radius 2 is 1.85 bits per heavy atom. The van der Waals surface area contributed by atoms with Gasteiger partial charge in [0.1, 0.15) is 5.92 Å². The molecule has 2 heterocycles. The lowest BCUT2D eigenvalue weighted by Gasteiger charge is -2.29. The number of anilines is 1. The highest BCUT2D eigenvalue weighted by molar-refractivity contribution is 6.30. The first-order valence-electron chi connectivity index (χ1n) is 14.4. The van der Waals surface area contributed by atoms with Crippen LogP contribution >= 0.6 is 0 Å². The Hall–Kier alpha value is -3.10. The smallest absolute Gasteiger partial charge is 0.234 e. The zero-order chi connectivity index (χ0) is 27.8. The number of ether oxygens (including phenoxy) is 1. The maximum Gasteiger partial charge on any atom is 0.234 e. The van der Waals surface area contributed by atoms with E-state index in [2.05, 4.69) is 36.1 Å². The Morgan fingerprint density at radius 3 is 2.54 bits per heavy atom. The Labute approximate surface area is 232 Å². The molecule has 5 N–H and O–H groups in total. The summed E-state index contributed by atoms with van der Waals surface area (Å²) in [5.74, 6) is -2.17. The van der Waals surface area contributed by atoms with Gasteiger partial charge in [0.25, 0.3) is 0 Å². The van der Waals surface area contributed by atoms with Crippen molar-refractivity contribution in [2.75, 3.05) is 37.7 Å². The minimum Gasteiger partial charge on any atom is -0.378 e. The van der Waals surface area contributed by atoms with Crippen LogP contribution < -0.4 is 16.4 Å². The van der Waals surface area contributed by atoms with Gasteiger partial charge in [0.2, 0.25) is 5.91 Å². The van der Waals surface area contributed by atoms with E-state index in [0.29, 0.717) is 18.5 Å². The second-order valence-electron chi connectivity index (χ2n) is 10.9. The lowest BCUT2D eigenvalue weighted by atomic mass is 9.75. The topological polar surface area (TPSA) is 135 Å². The summed E-state index contributed by atoms with van der Waals surface area (Å²) in [7, 11) is 0. The molecule has 4 rings (SSSR count). The van der Waals surface area contributed by atoms with Crippen LogP contribution in [0.2, 0.25) is 0 Å². The molecule has 0 spiro atoms. The van der Waals surface area contributed by atoms with Gasteiger partial charge in [0.15, 0.2) is 5.78 Å². The monoisotopic (exact) mass is 533 g/mol. The summed E-state index contributed by atoms with van der Waals surface area (Å²) in [6, 6.07) is 8.80. The lowest BCUT2D eigenvalue weighted by molar-refractivity contribution is -0.127. The number of allylic oxidation sites excluding steroid dienone is 4. The number of rotatable bonds is 9. The summed E-state index contributed by atoms with van der Waals surface area (Å²) in [5, 5.41) is 8.40. The van der Waals surface area contributed by atoms with Gasteiger partial charge in [-0.1, -0.05) is 23.3 Å². The van der Waals surface area contributed by atoms with Gasteiger partial charge in [-0.15, -0.1) is 0 Å². The van der Waals surface area contributed by atoms with Crippen LogP contribution in [0.3, 0.4) is 0 Å². The van der Waals surface area contributed by atoms with Crippen molar-refractivity contribution in [3.63, 3.8) is 0 Å². The van der Waals surface area contributed by atoms with Crippen LogP contribution in [-0.2, 0) is 20.7 Å². The van der Waals surface area contributed by atoms with E-state index in [9.17, 15) is 9.59 Å². The molecular formula is C31H43N5O3. The zero-order valence-electron chi connectivity index (χ0n) is 23.2. The quantitative estimate of drug-likeness (QED) is 0.411. The molecule has 8 nitrogen and oxygen atoms in total. The van der Waals surface area contributed by atoms with E-state index in [1.54, 1.807) is 6.21 Å². The second-order valence-corrected chi connectivity index (χ2v) is 10.9. The fourth-order valence-corrected chi connectivity index (χ4v) is 5.96. The van der Waals surface area contributed by atoms with Crippen LogP contribution in [0.1, 0.15) is 63.9 Å². The number of ketones is 1. The van der Waals surface area contributed by atoms with Gasteiger partial charge in [-0.05, 0) is 94.9 Å². The number of carbonyl (C=O) groups is 2. The van der Waals surface area contributed by atoms with Gasteiger partial charge >= 0.3 is 0 Å². The maximum absolute atomic E-state index is 13.6. The van der Waals surface area contributed by atoms with Gasteiger partial charge in [-0.2, -0.15) is 0 Å². The number of hydrogen-bond donors (Lipinski definition) is 3. The third kappa shape index (κ3) is 7.31. The zero-order valence-corrected chi connectivity index (χ0v) is 23.2. The summed E-state index contributed by atoms with van der Waals surface area (Å²) in [6.45, 7) is 6.14. The van der Waals surface area contributed by atoms with Gasteiger partial charge in [-0.25, -0.2) is 0 Å². The summed E-state index contributed by atoms with van der Waals surface area (Å²) >= 11 is 0. The summed E-state index contributed by atoms with van der Waals surface area (Å²) in [6.07, 6.45) is 8.80. The number of aliphatic imine (C=N–C) groups is 1. The van der Waals surface area contributed by atoms with Crippen LogP contribution in [0.15, 0.2) is 51.7 Å². The van der Waals surface area contributed by atoms with Crippen LogP contribution in [0.25, 0.3) is 0 Å². The molecule has 1 aromatic carbocycles. The van der Waals surface area contributed by atoms with E-state index in [1.807, 2.05) is 0 Å². The van der Waals surface area contributed by atoms with E-state index >= 15 is 0 Å². The highest BCUT2D eigenvalue weighted by Gasteiger charge is 2.36. The number of hydrogen-bond acceptors (Lipinski definition) is 7. The number of primary amides is 1. The summed E-state index contributed by atoms with van der Waals surface area (Å²) in [5.41, 5.74) is 17.8. The average molecular weight is 534 g/mol. The Bertz CT molecular complexity index is 1150. The molecule has 1 aromatic rings. The molecule has 2 aliphatic heterocycles. The molecule has 1 fully saturated rings. The minimum absolute atomic E-state index is 0.110. The van der Waals surface area contributed by atoms with Gasteiger partial charge in [0.05, 0.1) is 13.2 Å². The first-order chi connectivity index (χ1) is 18.9. The molecule has 1 saturated heterocycles. The predicted octanol–water partition coefficient (Wildman–Crippen LogP) is 4.12. The molecule has 0 aromatic heterocycles. The first kappa shape index (κ1) is 28.9. The van der Waals surface area contributed by atoms with Gasteiger partial charge in [-0.3, -0.25) is 14.6 Å². The average Bonchev–Trinajstić information content (AvgIpc) is 2.93. The number of nitrogens with one attached hydrogen (secondary N) is 1. The molecule has 0 bridgehead atoms. The van der Waals surface area contributed by atoms with Crippen molar-refractivity contribution in [2.45, 2.75) is 64.7 Å². The van der Waals surface area contributed by atoms with E-state index in [0.717, 1.165) is 88.9 Å². The van der Waals surface area contributed by atoms with E-state index < -0.39 is 11.8 Å². The largest absolute Gasteiger partial charge is 0.378 e. The Kier molecular flexibility index (Phi) is 10.2. The van der Waals surface area contributed by atoms with E-state index in [-0.39, 0.29) is 17.4 Å². The molecule has 8 heteroatoms. The fraction of sp³-hybridized carbons (Fsp3) is 0.548. The third-order valence-corrected chi connectivity index (χ3v) is 8.32. The highest BCUT2D eigenvalue weighted by atomic mass is 16.5. The number of benzene rings is 1. The molecule has 0 saturated carbocycles. The Balaban J connectivity index is 1.48. The number of nitrogens with zero attached hydrogens (tertiary/aromatic N) is 2. The summed E-state index contributed by atoms with van der Waals surface area (Å²) < 4.78 is 5.46. The molecule has 39 heavy (non-hydrogen) atoms. The first-order valence-corrected chi connectivity index (χ1v) is 14.4. The van der Waals surface area contributed by atoms with E-state index in [4.69, 9.17) is 26.6 Å². The normalized spacial score (nSPS) is 24.6. The number of aryl methyl sites for hydroxylation is 1. The fourth-order valence-electron chi connectivity index (χ4n) is 5.96. The Morgan fingerprint density at radius 1 is 1.10 bits per heavy atom. The van der Waals surface area contributed by atoms with Crippen molar-refractivity contribution in [2.24, 2.45) is 28.3 Å². The van der Waals surface area contributed by atoms with Crippen molar-refractivity contribution >= 4 is 29.3 Å². The van der Waals surface area contributed by atoms with Crippen LogP contribution in [-0.4, -0.2) is 56.5 Å². The standard InChI is InChI=1S/C31H43N5O3/c1-21-7-13-25-23(5-3-15-32)10-14-27(33)29(31(34)38)30(37)26(25)20-35-28(21)6-2-4-22-8-11-24(12-9-22)36-16-18-39-19-17-36/h8-9,11-12,20,23,29,33H,2-7,10,13-19,32H2,1H3,(H2,34,38)/b26-25-,28-21?,33-27?,35-20?. The van der Waals surface area contributed by atoms with Crippen molar-refractivity contribution in [3.05, 3.63) is 52.2 Å². The number of nitrogens with two attached hydrogens (primary N) is 2. The molecule has 1 amide bonds. The van der Waals surface area contributed by atoms with Crippen molar-refractivity contribution < 1.29 is 14.3 Å². The van der Waals surface area contributed by atoms with E-state index in [1.165, 1.54) is 16.8 Å². The second kappa shape index (κ2) is 13.8. The molecule has 210 valence electrons. The summed E-state index contributed by atoms with van der Waals surface area (Å²) in [4.78, 5) is 32.9. The highest BCUT2D eigenvalue weighted by Crippen LogP contribution is 2.35. The molecule has 2 unspecified atom stereocenters. The molecule has 3 aliphatic rings. The molecule has 1 aliphatic carbocycles. The van der Waals surface area contributed by atoms with Gasteiger partial charge < -0.3 is 26.5 Å². The molecular weight excluding hydrogens is 490 g/mol. The molecule has 2 atom stereocenters. The number of carbonyl (C=O) groups excluding carboxylic acids is 2. The number of Topliss-reactive ketones (excluding diaryl/α,β-unsaturated/α-hetero) is 1.